The Morgan fingerprint density at radius 2 is 1.68 bits per heavy atom. The molecule has 202 valence electrons. The average molecular weight is 580 g/mol. The quantitative estimate of drug-likeness (QED) is 0.413. The van der Waals surface area contributed by atoms with Gasteiger partial charge in [-0.2, -0.15) is 4.31 Å². The molecule has 38 heavy (non-hydrogen) atoms. The van der Waals surface area contributed by atoms with Gasteiger partial charge in [0.25, 0.3) is 10.0 Å². The molecule has 1 saturated heterocycles. The Hall–Kier alpha value is -3.16. The molecule has 0 bridgehead atoms. The highest BCUT2D eigenvalue weighted by atomic mass is 35.5. The van der Waals surface area contributed by atoms with Crippen molar-refractivity contribution in [3.05, 3.63) is 77.8 Å². The van der Waals surface area contributed by atoms with E-state index in [0.29, 0.717) is 5.02 Å². The van der Waals surface area contributed by atoms with E-state index in [2.05, 4.69) is 5.32 Å². The highest BCUT2D eigenvalue weighted by Crippen LogP contribution is 2.30. The third-order valence-electron chi connectivity index (χ3n) is 5.77. The van der Waals surface area contributed by atoms with E-state index in [9.17, 15) is 21.6 Å². The minimum Gasteiger partial charge on any atom is -0.495 e. The van der Waals surface area contributed by atoms with Gasteiger partial charge in [0.05, 0.1) is 41.5 Å². The number of benzene rings is 3. The number of rotatable bonds is 9. The summed E-state index contributed by atoms with van der Waals surface area (Å²) in [7, 11) is -6.63. The van der Waals surface area contributed by atoms with E-state index in [1.807, 2.05) is 0 Å². The fraction of sp³-hybridized carbons (Fsp3) is 0.240. The largest absolute Gasteiger partial charge is 0.495 e. The van der Waals surface area contributed by atoms with Crippen LogP contribution in [0, 0.1) is 0 Å². The number of nitrogens with one attached hydrogen (secondary N) is 1. The van der Waals surface area contributed by atoms with Crippen LogP contribution < -0.4 is 14.4 Å². The first-order valence-corrected chi connectivity index (χ1v) is 14.8. The van der Waals surface area contributed by atoms with Crippen LogP contribution in [0.15, 0.2) is 82.6 Å². The second-order valence-corrected chi connectivity index (χ2v) is 12.5. The minimum absolute atomic E-state index is 0.0102. The Kier molecular flexibility index (Phi) is 8.58. The first-order valence-electron chi connectivity index (χ1n) is 11.5. The Bertz CT molecular complexity index is 1510. The SMILES string of the molecule is COc1ccc(S(=O)(=O)N2CCOCC2)cc1NC(=O)CN(c1cccc(Cl)c1)S(=O)(=O)c1ccccc1. The van der Waals surface area contributed by atoms with Crippen LogP contribution in [-0.4, -0.2) is 67.0 Å². The Labute approximate surface area is 226 Å². The maximum Gasteiger partial charge on any atom is 0.264 e. The molecule has 1 amide bonds. The Balaban J connectivity index is 1.65. The summed E-state index contributed by atoms with van der Waals surface area (Å²) in [5.74, 6) is -0.511. The smallest absolute Gasteiger partial charge is 0.264 e. The van der Waals surface area contributed by atoms with Gasteiger partial charge < -0.3 is 14.8 Å². The lowest BCUT2D eigenvalue weighted by molar-refractivity contribution is -0.114. The molecule has 1 aliphatic heterocycles. The molecule has 0 unspecified atom stereocenters. The van der Waals surface area contributed by atoms with Gasteiger partial charge in [0.2, 0.25) is 15.9 Å². The molecule has 4 rings (SSSR count). The molecule has 13 heteroatoms. The van der Waals surface area contributed by atoms with Crippen molar-refractivity contribution in [1.82, 2.24) is 4.31 Å². The molecule has 1 N–H and O–H groups in total. The zero-order chi connectivity index (χ0) is 27.3. The second-order valence-electron chi connectivity index (χ2n) is 8.23. The normalized spacial score (nSPS) is 14.6. The predicted octanol–water partition coefficient (Wildman–Crippen LogP) is 3.20. The summed E-state index contributed by atoms with van der Waals surface area (Å²) in [6.45, 7) is 0.383. The molecular weight excluding hydrogens is 554 g/mol. The summed E-state index contributed by atoms with van der Waals surface area (Å²) in [6.07, 6.45) is 0. The third-order valence-corrected chi connectivity index (χ3v) is 9.69. The molecule has 1 fully saturated rings. The molecule has 3 aromatic carbocycles. The zero-order valence-corrected chi connectivity index (χ0v) is 22.8. The van der Waals surface area contributed by atoms with Gasteiger partial charge in [-0.25, -0.2) is 16.8 Å². The molecule has 1 heterocycles. The molecule has 1 aliphatic rings. The number of nitrogens with zero attached hydrogens (tertiary/aromatic N) is 2. The van der Waals surface area contributed by atoms with Crippen LogP contribution in [0.5, 0.6) is 5.75 Å². The van der Waals surface area contributed by atoms with E-state index >= 15 is 0 Å². The Morgan fingerprint density at radius 1 is 0.974 bits per heavy atom. The molecule has 0 saturated carbocycles. The zero-order valence-electron chi connectivity index (χ0n) is 20.4. The highest BCUT2D eigenvalue weighted by Gasteiger charge is 2.29. The van der Waals surface area contributed by atoms with Gasteiger partial charge in [-0.15, -0.1) is 0 Å². The van der Waals surface area contributed by atoms with Crippen molar-refractivity contribution in [2.75, 3.05) is 49.6 Å². The highest BCUT2D eigenvalue weighted by molar-refractivity contribution is 7.92. The topological polar surface area (TPSA) is 122 Å². The molecule has 3 aromatic rings. The van der Waals surface area contributed by atoms with Crippen molar-refractivity contribution in [2.24, 2.45) is 0 Å². The Morgan fingerprint density at radius 3 is 2.34 bits per heavy atom. The number of hydrogen-bond donors (Lipinski definition) is 1. The number of sulfonamides is 2. The third kappa shape index (κ3) is 6.11. The first kappa shape index (κ1) is 27.9. The van der Waals surface area contributed by atoms with E-state index in [1.54, 1.807) is 30.3 Å². The van der Waals surface area contributed by atoms with Gasteiger partial charge in [0.1, 0.15) is 12.3 Å². The van der Waals surface area contributed by atoms with E-state index in [0.717, 1.165) is 4.31 Å². The van der Waals surface area contributed by atoms with Crippen molar-refractivity contribution in [3.8, 4) is 5.75 Å². The van der Waals surface area contributed by atoms with Gasteiger partial charge in [-0.3, -0.25) is 9.10 Å². The molecular formula is C25H26ClN3O7S2. The number of carbonyl (C=O) groups is 1. The summed E-state index contributed by atoms with van der Waals surface area (Å²) in [5, 5.41) is 2.90. The maximum atomic E-state index is 13.5. The number of amides is 1. The minimum atomic E-state index is -4.15. The van der Waals surface area contributed by atoms with Crippen LogP contribution in [0.4, 0.5) is 11.4 Å². The van der Waals surface area contributed by atoms with Crippen LogP contribution in [0.3, 0.4) is 0 Å². The van der Waals surface area contributed by atoms with E-state index < -0.39 is 32.5 Å². The van der Waals surface area contributed by atoms with Crippen LogP contribution >= 0.6 is 11.6 Å². The summed E-state index contributed by atoms with van der Waals surface area (Å²) in [4.78, 5) is 13.2. The number of carbonyl (C=O) groups excluding carboxylic acids is 1. The van der Waals surface area contributed by atoms with Crippen LogP contribution in [0.2, 0.25) is 5.02 Å². The van der Waals surface area contributed by atoms with Gasteiger partial charge >= 0.3 is 0 Å². The predicted molar refractivity (Wildman–Crippen MR) is 144 cm³/mol. The lowest BCUT2D eigenvalue weighted by Gasteiger charge is -2.26. The average Bonchev–Trinajstić information content (AvgIpc) is 2.92. The van der Waals surface area contributed by atoms with Crippen molar-refractivity contribution in [2.45, 2.75) is 9.79 Å². The van der Waals surface area contributed by atoms with E-state index in [1.165, 1.54) is 53.9 Å². The second kappa shape index (κ2) is 11.7. The van der Waals surface area contributed by atoms with Gasteiger partial charge in [0, 0.05) is 18.1 Å². The molecule has 0 radical (unpaired) electrons. The first-order chi connectivity index (χ1) is 18.1. The summed E-state index contributed by atoms with van der Waals surface area (Å²) >= 11 is 6.11. The monoisotopic (exact) mass is 579 g/mol. The number of anilines is 2. The number of methoxy groups -OCH3 is 1. The number of morpholine rings is 1. The molecule has 0 atom stereocenters. The number of ether oxygens (including phenoxy) is 2. The summed E-state index contributed by atoms with van der Waals surface area (Å²) < 4.78 is 66.0. The molecule has 0 spiro atoms. The van der Waals surface area contributed by atoms with Crippen molar-refractivity contribution in [1.29, 1.82) is 0 Å². The van der Waals surface area contributed by atoms with Crippen LogP contribution in [0.25, 0.3) is 0 Å². The maximum absolute atomic E-state index is 13.5. The van der Waals surface area contributed by atoms with Crippen LogP contribution in [-0.2, 0) is 29.6 Å². The number of hydrogen-bond acceptors (Lipinski definition) is 7. The van der Waals surface area contributed by atoms with Crippen LogP contribution in [0.1, 0.15) is 0 Å². The lowest BCUT2D eigenvalue weighted by atomic mass is 10.3. The van der Waals surface area contributed by atoms with Crippen molar-refractivity contribution < 1.29 is 31.1 Å². The summed E-state index contributed by atoms with van der Waals surface area (Å²) in [5.41, 5.74) is 0.266. The number of halogens is 1. The summed E-state index contributed by atoms with van der Waals surface area (Å²) in [6, 6.07) is 17.9. The molecule has 0 aliphatic carbocycles. The van der Waals surface area contributed by atoms with Gasteiger partial charge in [-0.05, 0) is 48.5 Å². The molecule has 10 nitrogen and oxygen atoms in total. The van der Waals surface area contributed by atoms with Gasteiger partial charge in [0.15, 0.2) is 0 Å². The van der Waals surface area contributed by atoms with E-state index in [-0.39, 0.29) is 53.2 Å². The fourth-order valence-corrected chi connectivity index (χ4v) is 6.92. The molecule has 0 aromatic heterocycles. The van der Waals surface area contributed by atoms with Crippen molar-refractivity contribution >= 4 is 48.9 Å². The standard InChI is InChI=1S/C25H26ClN3O7S2/c1-35-24-11-10-22(37(31,32)28-12-14-36-15-13-28)17-23(24)27-25(30)18-29(20-7-5-6-19(26)16-20)38(33,34)21-8-3-2-4-9-21/h2-11,16-17H,12-15,18H2,1H3,(H,27,30). The van der Waals surface area contributed by atoms with Crippen molar-refractivity contribution in [3.63, 3.8) is 0 Å². The van der Waals surface area contributed by atoms with E-state index in [4.69, 9.17) is 21.1 Å². The lowest BCUT2D eigenvalue weighted by Crippen LogP contribution is -2.40. The van der Waals surface area contributed by atoms with Gasteiger partial charge in [-0.1, -0.05) is 35.9 Å². The fourth-order valence-electron chi connectivity index (χ4n) is 3.87.